The Hall–Kier alpha value is -3.63. The number of aromatic nitrogens is 6. The Morgan fingerprint density at radius 1 is 1.12 bits per heavy atom. The summed E-state index contributed by atoms with van der Waals surface area (Å²) in [7, 11) is 2.03. The van der Waals surface area contributed by atoms with Gasteiger partial charge >= 0.3 is 6.18 Å². The Labute approximate surface area is 181 Å². The first-order valence-electron chi connectivity index (χ1n) is 10.1. The van der Waals surface area contributed by atoms with Crippen LogP contribution in [0.4, 0.5) is 24.9 Å². The number of nitrogens with one attached hydrogen (secondary N) is 1. The van der Waals surface area contributed by atoms with E-state index in [0.717, 1.165) is 35.0 Å². The lowest BCUT2D eigenvalue weighted by molar-refractivity contribution is -0.141. The minimum absolute atomic E-state index is 0.328. The van der Waals surface area contributed by atoms with Crippen LogP contribution in [-0.4, -0.2) is 42.9 Å². The summed E-state index contributed by atoms with van der Waals surface area (Å²) in [6.07, 6.45) is 2.36. The molecule has 0 aliphatic carbocycles. The van der Waals surface area contributed by atoms with E-state index in [-0.39, 0.29) is 0 Å². The predicted octanol–water partition coefficient (Wildman–Crippen LogP) is 3.71. The van der Waals surface area contributed by atoms with Gasteiger partial charge in [0.15, 0.2) is 5.82 Å². The highest BCUT2D eigenvalue weighted by Gasteiger charge is 2.32. The highest BCUT2D eigenvalue weighted by Crippen LogP contribution is 2.33. The molecule has 8 nitrogen and oxygen atoms in total. The Morgan fingerprint density at radius 2 is 1.97 bits per heavy atom. The third kappa shape index (κ3) is 3.74. The monoisotopic (exact) mass is 442 g/mol. The van der Waals surface area contributed by atoms with Crippen LogP contribution in [0.15, 0.2) is 43.0 Å². The van der Waals surface area contributed by atoms with Gasteiger partial charge in [0, 0.05) is 50.3 Å². The lowest BCUT2D eigenvalue weighted by Crippen LogP contribution is -2.31. The molecule has 11 heteroatoms. The third-order valence-electron chi connectivity index (χ3n) is 5.52. The molecule has 5 heterocycles. The molecule has 1 atom stereocenters. The standard InChI is InChI=1S/C21H21F3N8/c1-13-10-30(2)19-18-16(5-6-32(13)18)28-20(29-19)26-8-15-9-27-31(12-15)11-14-3-4-17(25-7-14)21(22,23)24/h3-7,9,12-13H,8,10-11H2,1-2H3,(H,26,28,29). The molecule has 1 aliphatic rings. The van der Waals surface area contributed by atoms with Gasteiger partial charge in [-0.25, -0.2) is 4.98 Å². The van der Waals surface area contributed by atoms with E-state index >= 15 is 0 Å². The van der Waals surface area contributed by atoms with E-state index in [9.17, 15) is 13.2 Å². The number of alkyl halides is 3. The van der Waals surface area contributed by atoms with E-state index in [2.05, 4.69) is 36.8 Å². The Morgan fingerprint density at radius 3 is 2.72 bits per heavy atom. The summed E-state index contributed by atoms with van der Waals surface area (Å²) in [5.74, 6) is 1.43. The van der Waals surface area contributed by atoms with Gasteiger partial charge in [-0.15, -0.1) is 0 Å². The van der Waals surface area contributed by atoms with Crippen LogP contribution in [0.1, 0.15) is 29.8 Å². The zero-order valence-electron chi connectivity index (χ0n) is 17.5. The molecule has 1 N–H and O–H groups in total. The Bertz CT molecular complexity index is 1260. The molecule has 0 spiro atoms. The molecule has 4 aromatic rings. The molecule has 4 aromatic heterocycles. The summed E-state index contributed by atoms with van der Waals surface area (Å²) in [6, 6.07) is 4.75. The quantitative estimate of drug-likeness (QED) is 0.508. The minimum Gasteiger partial charge on any atom is -0.356 e. The number of pyridine rings is 1. The van der Waals surface area contributed by atoms with Crippen molar-refractivity contribution in [3.8, 4) is 0 Å². The van der Waals surface area contributed by atoms with Crippen LogP contribution in [0.3, 0.4) is 0 Å². The van der Waals surface area contributed by atoms with Gasteiger partial charge in [-0.05, 0) is 24.6 Å². The summed E-state index contributed by atoms with van der Waals surface area (Å²) in [6.45, 7) is 3.84. The molecule has 166 valence electrons. The van der Waals surface area contributed by atoms with Gasteiger partial charge in [0.2, 0.25) is 5.95 Å². The molecular weight excluding hydrogens is 421 g/mol. The largest absolute Gasteiger partial charge is 0.433 e. The van der Waals surface area contributed by atoms with Crippen molar-refractivity contribution in [1.29, 1.82) is 0 Å². The normalized spacial score (nSPS) is 16.0. The fourth-order valence-electron chi connectivity index (χ4n) is 3.97. The number of likely N-dealkylation sites (N-methyl/N-ethyl adjacent to an activating group) is 1. The molecular formula is C21H21F3N8. The average Bonchev–Trinajstić information content (AvgIpc) is 3.37. The van der Waals surface area contributed by atoms with Crippen molar-refractivity contribution in [2.24, 2.45) is 0 Å². The van der Waals surface area contributed by atoms with Gasteiger partial charge in [-0.1, -0.05) is 6.07 Å². The van der Waals surface area contributed by atoms with E-state index in [0.29, 0.717) is 30.6 Å². The van der Waals surface area contributed by atoms with Crippen molar-refractivity contribution in [2.75, 3.05) is 23.8 Å². The summed E-state index contributed by atoms with van der Waals surface area (Å²) in [4.78, 5) is 14.9. The van der Waals surface area contributed by atoms with Crippen molar-refractivity contribution in [1.82, 2.24) is 29.3 Å². The second-order valence-electron chi connectivity index (χ2n) is 8.01. The number of rotatable bonds is 5. The maximum atomic E-state index is 12.7. The summed E-state index contributed by atoms with van der Waals surface area (Å²) in [5.41, 5.74) is 2.56. The number of nitrogens with zero attached hydrogens (tertiary/aromatic N) is 7. The maximum Gasteiger partial charge on any atom is 0.433 e. The second kappa shape index (κ2) is 7.50. The zero-order chi connectivity index (χ0) is 22.5. The van der Waals surface area contributed by atoms with E-state index < -0.39 is 11.9 Å². The molecule has 0 amide bonds. The van der Waals surface area contributed by atoms with Crippen LogP contribution in [0.5, 0.6) is 0 Å². The van der Waals surface area contributed by atoms with Crippen LogP contribution in [0.25, 0.3) is 11.0 Å². The van der Waals surface area contributed by atoms with Crippen molar-refractivity contribution < 1.29 is 13.2 Å². The molecule has 32 heavy (non-hydrogen) atoms. The minimum atomic E-state index is -4.44. The summed E-state index contributed by atoms with van der Waals surface area (Å²) in [5, 5.41) is 7.53. The van der Waals surface area contributed by atoms with Crippen molar-refractivity contribution in [2.45, 2.75) is 32.2 Å². The van der Waals surface area contributed by atoms with Crippen LogP contribution < -0.4 is 10.2 Å². The fourth-order valence-corrected chi connectivity index (χ4v) is 3.97. The topological polar surface area (TPSA) is 76.7 Å². The Kier molecular flexibility index (Phi) is 4.75. The first kappa shape index (κ1) is 20.3. The number of hydrogen-bond donors (Lipinski definition) is 1. The molecule has 0 radical (unpaired) electrons. The van der Waals surface area contributed by atoms with Gasteiger partial charge in [0.1, 0.15) is 11.2 Å². The van der Waals surface area contributed by atoms with Gasteiger partial charge < -0.3 is 14.8 Å². The van der Waals surface area contributed by atoms with E-state index in [4.69, 9.17) is 4.98 Å². The molecule has 0 saturated heterocycles. The summed E-state index contributed by atoms with van der Waals surface area (Å²) < 4.78 is 41.8. The highest BCUT2D eigenvalue weighted by molar-refractivity contribution is 5.89. The fraction of sp³-hybridized carbons (Fsp3) is 0.333. The Balaban J connectivity index is 1.27. The smallest absolute Gasteiger partial charge is 0.356 e. The van der Waals surface area contributed by atoms with Crippen LogP contribution >= 0.6 is 0 Å². The number of anilines is 2. The van der Waals surface area contributed by atoms with Gasteiger partial charge in [0.05, 0.1) is 18.3 Å². The molecule has 0 fully saturated rings. The van der Waals surface area contributed by atoms with Crippen molar-refractivity contribution >= 4 is 22.8 Å². The first-order chi connectivity index (χ1) is 15.3. The van der Waals surface area contributed by atoms with Crippen LogP contribution in [-0.2, 0) is 19.3 Å². The average molecular weight is 442 g/mol. The third-order valence-corrected chi connectivity index (χ3v) is 5.52. The molecule has 1 aliphatic heterocycles. The lowest BCUT2D eigenvalue weighted by atomic mass is 10.2. The SMILES string of the molecule is CC1CN(C)c2nc(NCc3cnn(Cc4ccc(C(F)(F)F)nc4)c3)nc3ccn1c23. The zero-order valence-corrected chi connectivity index (χ0v) is 17.5. The molecule has 1 unspecified atom stereocenters. The predicted molar refractivity (Wildman–Crippen MR) is 113 cm³/mol. The molecule has 0 saturated carbocycles. The molecule has 0 aromatic carbocycles. The first-order valence-corrected chi connectivity index (χ1v) is 10.1. The van der Waals surface area contributed by atoms with Crippen LogP contribution in [0, 0.1) is 0 Å². The van der Waals surface area contributed by atoms with Crippen LogP contribution in [0.2, 0.25) is 0 Å². The van der Waals surface area contributed by atoms with Gasteiger partial charge in [-0.3, -0.25) is 9.67 Å². The van der Waals surface area contributed by atoms with Gasteiger partial charge in [-0.2, -0.15) is 23.3 Å². The second-order valence-corrected chi connectivity index (χ2v) is 8.01. The van der Waals surface area contributed by atoms with Crippen molar-refractivity contribution in [3.63, 3.8) is 0 Å². The van der Waals surface area contributed by atoms with Crippen molar-refractivity contribution in [3.05, 3.63) is 59.8 Å². The highest BCUT2D eigenvalue weighted by atomic mass is 19.4. The maximum absolute atomic E-state index is 12.7. The van der Waals surface area contributed by atoms with E-state index in [1.54, 1.807) is 10.9 Å². The lowest BCUT2D eigenvalue weighted by Gasteiger charge is -2.30. The molecule has 5 rings (SSSR count). The van der Waals surface area contributed by atoms with E-state index in [1.165, 1.54) is 12.3 Å². The summed E-state index contributed by atoms with van der Waals surface area (Å²) >= 11 is 0. The van der Waals surface area contributed by atoms with E-state index in [1.807, 2.05) is 25.5 Å². The number of hydrogen-bond acceptors (Lipinski definition) is 6. The number of halogens is 3. The van der Waals surface area contributed by atoms with Gasteiger partial charge in [0.25, 0.3) is 0 Å². The molecule has 0 bridgehead atoms.